The van der Waals surface area contributed by atoms with Crippen LogP contribution in [0.25, 0.3) is 0 Å². The van der Waals surface area contributed by atoms with Crippen molar-refractivity contribution >= 4 is 28.2 Å². The van der Waals surface area contributed by atoms with Crippen LogP contribution in [0.15, 0.2) is 53.7 Å². The summed E-state index contributed by atoms with van der Waals surface area (Å²) in [6.07, 6.45) is 5.26. The smallest absolute Gasteiger partial charge is 0.280 e. The molecule has 1 aromatic carbocycles. The van der Waals surface area contributed by atoms with Crippen molar-refractivity contribution < 1.29 is 27.9 Å². The van der Waals surface area contributed by atoms with E-state index < -0.39 is 26.5 Å². The van der Waals surface area contributed by atoms with Crippen molar-refractivity contribution in [3.8, 4) is 5.75 Å². The maximum atomic E-state index is 14.2. The van der Waals surface area contributed by atoms with Crippen molar-refractivity contribution in [2.45, 2.75) is 68.9 Å². The fourth-order valence-corrected chi connectivity index (χ4v) is 6.70. The Morgan fingerprint density at radius 2 is 1.65 bits per heavy atom. The number of amides is 1. The van der Waals surface area contributed by atoms with E-state index in [1.54, 1.807) is 30.0 Å². The van der Waals surface area contributed by atoms with E-state index in [0.717, 1.165) is 5.56 Å². The van der Waals surface area contributed by atoms with Gasteiger partial charge in [0.2, 0.25) is 14.7 Å². The fourth-order valence-electron chi connectivity index (χ4n) is 4.61. The van der Waals surface area contributed by atoms with Gasteiger partial charge in [0, 0.05) is 24.9 Å². The number of sulfone groups is 1. The number of nitrogens with one attached hydrogen (secondary N) is 2. The van der Waals surface area contributed by atoms with Gasteiger partial charge in [0.05, 0.1) is 24.7 Å². The van der Waals surface area contributed by atoms with Crippen LogP contribution in [0, 0.1) is 11.3 Å². The summed E-state index contributed by atoms with van der Waals surface area (Å²) >= 11 is 0. The summed E-state index contributed by atoms with van der Waals surface area (Å²) < 4.78 is 39.6. The zero-order chi connectivity index (χ0) is 26.4. The van der Waals surface area contributed by atoms with Crippen molar-refractivity contribution in [2.75, 3.05) is 13.7 Å². The molecule has 0 spiro atoms. The maximum Gasteiger partial charge on any atom is 0.280 e. The van der Waals surface area contributed by atoms with Crippen molar-refractivity contribution in [3.63, 3.8) is 0 Å². The van der Waals surface area contributed by atoms with Crippen molar-refractivity contribution in [3.05, 3.63) is 54.4 Å². The van der Waals surface area contributed by atoms with Crippen LogP contribution in [0.2, 0.25) is 0 Å². The molecule has 11 heteroatoms. The molecule has 37 heavy (non-hydrogen) atoms. The molecule has 1 atom stereocenters. The Morgan fingerprint density at radius 1 is 1.05 bits per heavy atom. The highest BCUT2D eigenvalue weighted by Gasteiger charge is 2.57. The molecule has 3 rings (SSSR count). The second-order valence-corrected chi connectivity index (χ2v) is 12.5. The number of carbonyl (C=O) groups is 1. The Bertz CT molecular complexity index is 1100. The van der Waals surface area contributed by atoms with E-state index >= 15 is 0 Å². The van der Waals surface area contributed by atoms with Gasteiger partial charge in [-0.05, 0) is 73.1 Å². The van der Waals surface area contributed by atoms with Gasteiger partial charge in [0.15, 0.2) is 0 Å². The van der Waals surface area contributed by atoms with Crippen LogP contribution in [0.3, 0.4) is 0 Å². The maximum absolute atomic E-state index is 14.2. The Morgan fingerprint density at radius 3 is 2.16 bits per heavy atom. The first-order chi connectivity index (χ1) is 17.0. The molecule has 1 aromatic heterocycles. The summed E-state index contributed by atoms with van der Waals surface area (Å²) in [5, 5.41) is 12.8. The predicted molar refractivity (Wildman–Crippen MR) is 142 cm³/mol. The average Bonchev–Trinajstić information content (AvgIpc) is 2.88. The second kappa shape index (κ2) is 13.0. The largest absolute Gasteiger partial charge is 0.497 e. The van der Waals surface area contributed by atoms with Crippen molar-refractivity contribution in [1.29, 1.82) is 0 Å². The molecule has 0 bridgehead atoms. The minimum atomic E-state index is -4.32. The number of ether oxygens (including phenoxy) is 2. The number of pyridine rings is 1. The predicted octanol–water partition coefficient (Wildman–Crippen LogP) is 3.90. The molecule has 0 aliphatic heterocycles. The first-order valence-electron chi connectivity index (χ1n) is 12.1. The van der Waals surface area contributed by atoms with Gasteiger partial charge in [-0.1, -0.05) is 20.8 Å². The van der Waals surface area contributed by atoms with Gasteiger partial charge in [0.25, 0.3) is 5.91 Å². The van der Waals surface area contributed by atoms with E-state index in [9.17, 15) is 18.4 Å². The van der Waals surface area contributed by atoms with Crippen LogP contribution < -0.4 is 15.5 Å². The number of benzene rings is 1. The van der Waals surface area contributed by atoms with Gasteiger partial charge in [-0.2, -0.15) is 0 Å². The fraction of sp³-hybridized carbons (Fsp3) is 0.538. The van der Waals surface area contributed by atoms with Crippen LogP contribution in [0.1, 0.15) is 52.0 Å². The Kier molecular flexibility index (Phi) is 10.9. The van der Waals surface area contributed by atoms with Crippen LogP contribution in [0.4, 0.5) is 0 Å². The number of halogens is 1. The lowest BCUT2D eigenvalue weighted by Crippen LogP contribution is -2.66. The molecular formula is C26H38ClN3O6S. The highest BCUT2D eigenvalue weighted by atomic mass is 35.5. The second-order valence-electron chi connectivity index (χ2n) is 10.4. The third-order valence-corrected chi connectivity index (χ3v) is 8.94. The van der Waals surface area contributed by atoms with Gasteiger partial charge < -0.3 is 9.47 Å². The first kappa shape index (κ1) is 31.0. The van der Waals surface area contributed by atoms with E-state index in [1.165, 1.54) is 31.4 Å². The SMILES string of the molecule is COc1ccc(S(=O)(=O)[C@@](NCc2ccncc2)(C(=O)NO)C2CCC(OCC(C)(C)C)CC2)cc1.Cl. The molecule has 1 amide bonds. The van der Waals surface area contributed by atoms with Gasteiger partial charge >= 0.3 is 0 Å². The number of hydrogen-bond acceptors (Lipinski definition) is 8. The molecule has 0 radical (unpaired) electrons. The molecule has 1 fully saturated rings. The highest BCUT2D eigenvalue weighted by Crippen LogP contribution is 2.41. The summed E-state index contributed by atoms with van der Waals surface area (Å²) in [4.78, 5) is 15.2. The first-order valence-corrected chi connectivity index (χ1v) is 13.6. The third-order valence-electron chi connectivity index (χ3n) is 6.54. The lowest BCUT2D eigenvalue weighted by molar-refractivity contribution is -0.135. The summed E-state index contributed by atoms with van der Waals surface area (Å²) in [7, 11) is -2.83. The zero-order valence-corrected chi connectivity index (χ0v) is 23.4. The van der Waals surface area contributed by atoms with E-state index in [-0.39, 0.29) is 35.4 Å². The molecule has 0 saturated heterocycles. The van der Waals surface area contributed by atoms with E-state index in [1.807, 2.05) is 0 Å². The minimum Gasteiger partial charge on any atom is -0.497 e. The minimum absolute atomic E-state index is 0. The van der Waals surface area contributed by atoms with Gasteiger partial charge in [-0.25, -0.2) is 13.9 Å². The third kappa shape index (κ3) is 7.20. The summed E-state index contributed by atoms with van der Waals surface area (Å²) in [6.45, 7) is 6.97. The lowest BCUT2D eigenvalue weighted by atomic mass is 9.81. The quantitative estimate of drug-likeness (QED) is 0.297. The van der Waals surface area contributed by atoms with Gasteiger partial charge in [0.1, 0.15) is 5.75 Å². The molecule has 1 aliphatic rings. The monoisotopic (exact) mass is 555 g/mol. The standard InChI is InChI=1S/C26H37N3O6S.ClH/c1-25(2,3)18-35-22-7-5-20(6-8-22)26(24(30)29-31,28-17-19-13-15-27-16-14-19)36(32,33)23-11-9-21(34-4)10-12-23;/h9-16,20,22,28,31H,5-8,17-18H2,1-4H3,(H,29,30);1H/t20?,22?,26-;/m1./s1. The molecule has 206 valence electrons. The molecular weight excluding hydrogens is 518 g/mol. The molecule has 0 unspecified atom stereocenters. The van der Waals surface area contributed by atoms with E-state index in [4.69, 9.17) is 9.47 Å². The number of hydrogen-bond donors (Lipinski definition) is 3. The van der Waals surface area contributed by atoms with Gasteiger partial charge in [-0.3, -0.25) is 20.3 Å². The Balaban J connectivity index is 0.00000481. The van der Waals surface area contributed by atoms with Crippen molar-refractivity contribution in [1.82, 2.24) is 15.8 Å². The number of aromatic nitrogens is 1. The molecule has 1 heterocycles. The van der Waals surface area contributed by atoms with Gasteiger partial charge in [-0.15, -0.1) is 12.4 Å². The molecule has 1 saturated carbocycles. The van der Waals surface area contributed by atoms with Crippen LogP contribution >= 0.6 is 12.4 Å². The molecule has 1 aliphatic carbocycles. The highest BCUT2D eigenvalue weighted by molar-refractivity contribution is 7.93. The van der Waals surface area contributed by atoms with E-state index in [2.05, 4.69) is 31.1 Å². The summed E-state index contributed by atoms with van der Waals surface area (Å²) in [6, 6.07) is 9.39. The van der Waals surface area contributed by atoms with Crippen molar-refractivity contribution in [2.24, 2.45) is 11.3 Å². The summed E-state index contributed by atoms with van der Waals surface area (Å²) in [5.74, 6) is -1.12. The Hall–Kier alpha value is -2.24. The topological polar surface area (TPSA) is 127 Å². The lowest BCUT2D eigenvalue weighted by Gasteiger charge is -2.42. The number of carbonyl (C=O) groups excluding carboxylic acids is 1. The molecule has 2 aromatic rings. The zero-order valence-electron chi connectivity index (χ0n) is 21.8. The normalized spacial score (nSPS) is 19.8. The average molecular weight is 556 g/mol. The summed E-state index contributed by atoms with van der Waals surface area (Å²) in [5.41, 5.74) is 2.42. The number of rotatable bonds is 10. The Labute approximate surface area is 225 Å². The molecule has 9 nitrogen and oxygen atoms in total. The van der Waals surface area contributed by atoms with E-state index in [0.29, 0.717) is 38.0 Å². The molecule has 3 N–H and O–H groups in total. The number of nitrogens with zero attached hydrogens (tertiary/aromatic N) is 1. The van der Waals surface area contributed by atoms with Crippen LogP contribution in [-0.2, 0) is 25.9 Å². The van der Waals surface area contributed by atoms with Crippen LogP contribution in [-0.4, -0.2) is 49.2 Å². The number of methoxy groups -OCH3 is 1. The number of hydroxylamine groups is 1. The van der Waals surface area contributed by atoms with Crippen LogP contribution in [0.5, 0.6) is 5.75 Å².